The summed E-state index contributed by atoms with van der Waals surface area (Å²) in [6.45, 7) is 5.13. The molecule has 0 radical (unpaired) electrons. The number of nitrogens with one attached hydrogen (secondary N) is 23. The molecule has 0 spiro atoms. The molecule has 14 atom stereocenters. The predicted molar refractivity (Wildman–Crippen MR) is 536 cm³/mol. The van der Waals surface area contributed by atoms with Crippen LogP contribution in [0.3, 0.4) is 0 Å². The molecule has 3 aromatic carbocycles. The molecule has 2 saturated heterocycles. The highest BCUT2D eigenvalue weighted by molar-refractivity contribution is 6.01. The second kappa shape index (κ2) is 60.6. The van der Waals surface area contributed by atoms with Gasteiger partial charge in [-0.15, -0.1) is 0 Å². The molecule has 7 rings (SSSR count). The molecular weight excluding hydrogens is 1850 g/mol. The Morgan fingerprint density at radius 1 is 0.392 bits per heavy atom. The number of rotatable bonds is 65. The zero-order valence-electron chi connectivity index (χ0n) is 81.3. The number of carbonyl (C=O) groups excluding carboxylic acids is 14. The van der Waals surface area contributed by atoms with Crippen molar-refractivity contribution in [3.05, 3.63) is 102 Å². The van der Waals surface area contributed by atoms with Crippen LogP contribution in [0.2, 0.25) is 0 Å². The van der Waals surface area contributed by atoms with Crippen LogP contribution in [0, 0.1) is 27.6 Å². The maximum absolute atomic E-state index is 15.5. The van der Waals surface area contributed by atoms with Crippen LogP contribution < -0.4 is 136 Å². The Hall–Kier alpha value is -14.5. The zero-order chi connectivity index (χ0) is 105. The number of aromatic amines is 2. The second-order valence-corrected chi connectivity index (χ2v) is 36.3. The van der Waals surface area contributed by atoms with Gasteiger partial charge in [0.05, 0.1) is 6.04 Å². The van der Waals surface area contributed by atoms with Gasteiger partial charge in [0.1, 0.15) is 84.3 Å². The van der Waals surface area contributed by atoms with E-state index >= 15 is 38.4 Å². The molecule has 786 valence electrons. The molecule has 49 heteroatoms. The van der Waals surface area contributed by atoms with Crippen molar-refractivity contribution in [1.29, 1.82) is 21.6 Å². The molecule has 49 nitrogen and oxygen atoms in total. The van der Waals surface area contributed by atoms with E-state index in [1.54, 1.807) is 56.6 Å². The third-order valence-electron chi connectivity index (χ3n) is 24.5. The number of amides is 14. The molecule has 4 heterocycles. The number of carbonyl (C=O) groups is 15. The van der Waals surface area contributed by atoms with Crippen molar-refractivity contribution >= 4 is 134 Å². The van der Waals surface area contributed by atoms with Gasteiger partial charge in [-0.2, -0.15) is 0 Å². The smallest absolute Gasteiger partial charge is 0.326 e. The zero-order valence-corrected chi connectivity index (χ0v) is 81.3. The average molecular weight is 2000 g/mol. The molecule has 0 aliphatic carbocycles. The van der Waals surface area contributed by atoms with Crippen LogP contribution in [-0.2, 0) is 91.2 Å². The van der Waals surface area contributed by atoms with Crippen molar-refractivity contribution in [3.8, 4) is 5.75 Å². The van der Waals surface area contributed by atoms with E-state index in [0.717, 1.165) is 6.42 Å². The molecule has 0 saturated carbocycles. The number of phenols is 1. The Morgan fingerprint density at radius 3 is 1.08 bits per heavy atom. The molecule has 5 aromatic rings. The van der Waals surface area contributed by atoms with Crippen molar-refractivity contribution in [2.45, 2.75) is 272 Å². The van der Waals surface area contributed by atoms with Crippen molar-refractivity contribution < 1.29 is 82.1 Å². The summed E-state index contributed by atoms with van der Waals surface area (Å²) in [6, 6.07) is 0.0893. The highest BCUT2D eigenvalue weighted by Crippen LogP contribution is 2.26. The summed E-state index contributed by atoms with van der Waals surface area (Å²) in [7, 11) is 0. The fourth-order valence-electron chi connectivity index (χ4n) is 16.9. The van der Waals surface area contributed by atoms with Crippen LogP contribution >= 0.6 is 0 Å². The average Bonchev–Trinajstić information content (AvgIpc) is 1.66. The number of hydrogen-bond donors (Lipinski definition) is 33. The van der Waals surface area contributed by atoms with E-state index in [1.165, 1.54) is 29.2 Å². The molecule has 41 N–H and O–H groups in total. The highest BCUT2D eigenvalue weighted by Gasteiger charge is 2.42. The summed E-state index contributed by atoms with van der Waals surface area (Å²) in [5, 5.41) is 99.3. The van der Waals surface area contributed by atoms with E-state index in [0.29, 0.717) is 90.1 Å². The van der Waals surface area contributed by atoms with Gasteiger partial charge in [-0.05, 0) is 221 Å². The summed E-state index contributed by atoms with van der Waals surface area (Å²) < 4.78 is 0. The van der Waals surface area contributed by atoms with Crippen molar-refractivity contribution in [1.82, 2.24) is 105 Å². The quantitative estimate of drug-likeness (QED) is 0.00996. The number of carboxylic acids is 1. The maximum Gasteiger partial charge on any atom is 0.326 e. The van der Waals surface area contributed by atoms with Crippen LogP contribution in [0.5, 0.6) is 5.75 Å². The number of nitrogens with two attached hydrogens (primary N) is 8. The van der Waals surface area contributed by atoms with Gasteiger partial charge in [-0.25, -0.2) is 4.79 Å². The Labute approximate surface area is 829 Å². The molecule has 2 fully saturated rings. The number of aromatic hydroxyl groups is 1. The summed E-state index contributed by atoms with van der Waals surface area (Å²) in [4.78, 5) is 227. The third kappa shape index (κ3) is 39.9. The van der Waals surface area contributed by atoms with Gasteiger partial charge in [-0.3, -0.25) is 88.8 Å². The van der Waals surface area contributed by atoms with Crippen molar-refractivity contribution in [3.63, 3.8) is 0 Å². The number of aromatic nitrogens is 2. The van der Waals surface area contributed by atoms with E-state index < -0.39 is 192 Å². The van der Waals surface area contributed by atoms with E-state index in [9.17, 15) is 43.8 Å². The number of H-pyrrole nitrogens is 2. The molecule has 0 unspecified atom stereocenters. The minimum atomic E-state index is -1.65. The molecule has 14 amide bonds. The Kier molecular flexibility index (Phi) is 48.9. The number of primary amides is 1. The maximum atomic E-state index is 15.5. The molecule has 143 heavy (non-hydrogen) atoms. The lowest BCUT2D eigenvalue weighted by Crippen LogP contribution is -2.61. The van der Waals surface area contributed by atoms with Gasteiger partial charge in [0.25, 0.3) is 0 Å². The SMILES string of the molecule is CC(C)C[C@H](NC(=O)[C@H](Cc1c[nH]c2ccccc12)NC(=O)[C@H](CCCNC(=N)N)NC(=O)[C@@H]1CCCN1C(=O)[C@H]1CCCN1)C(=O)N[C@@H](CCCCN)C(=O)N[C@@H](CCCCN)C(=O)N[C@@H](CCCNC(=N)N)C(=O)N[C@@H](CCCNC(=N)N)C(=O)N[C@@H](Cc1c[nH]c2ccccc12)C(=O)N[C@@H](CCCCN)C(=O)N[C@@H](Cc1ccc(O)cc1)C(=O)N[C@@H](CCC(N)=O)C(=O)N[C@@H](CCCNC(=N)N)C(=O)O. The number of likely N-dealkylation sites (tertiary alicyclic amines) is 1. The van der Waals surface area contributed by atoms with E-state index in [2.05, 4.69) is 100 Å². The van der Waals surface area contributed by atoms with Crippen molar-refractivity contribution in [2.75, 3.05) is 58.9 Å². The molecular formula is C94H148N32O17. The van der Waals surface area contributed by atoms with Gasteiger partial charge in [-0.1, -0.05) is 62.4 Å². The van der Waals surface area contributed by atoms with Crippen LogP contribution in [0.4, 0.5) is 0 Å². The van der Waals surface area contributed by atoms with Gasteiger partial charge in [0.15, 0.2) is 23.8 Å². The molecule has 2 aromatic heterocycles. The van der Waals surface area contributed by atoms with Crippen LogP contribution in [0.15, 0.2) is 85.2 Å². The lowest BCUT2D eigenvalue weighted by Gasteiger charge is -2.30. The van der Waals surface area contributed by atoms with Crippen molar-refractivity contribution in [2.24, 2.45) is 51.8 Å². The number of hydrogen-bond acceptors (Lipinski definition) is 24. The third-order valence-corrected chi connectivity index (χ3v) is 24.5. The summed E-state index contributed by atoms with van der Waals surface area (Å²) in [5.41, 5.74) is 48.6. The van der Waals surface area contributed by atoms with Crippen LogP contribution in [0.25, 0.3) is 21.8 Å². The monoisotopic (exact) mass is 2000 g/mol. The fraction of sp³-hybridized carbons (Fsp3) is 0.564. The first-order valence-electron chi connectivity index (χ1n) is 48.9. The highest BCUT2D eigenvalue weighted by atomic mass is 16.4. The first kappa shape index (κ1) is 115. The van der Waals surface area contributed by atoms with Gasteiger partial charge in [0, 0.05) is 92.6 Å². The molecule has 0 bridgehead atoms. The summed E-state index contributed by atoms with van der Waals surface area (Å²) >= 11 is 0. The standard InChI is InChI=1S/C94H148N32O17/c1-53(2)47-71(122-87(139)74(50-56-52-113-61-22-6-4-20-59(56)61)125-82(134)67(28-15-44-110-93(103)104)120-88(140)75-31-18-46-126(75)89(141)69-29-16-41-107-69)84(136)117-63(24-8-11-39-96)78(130)114-62(23-7-10-38-95)77(129)115-65(26-13-42-108-91(99)100)79(131)116-66(27-14-43-109-92(101)102)81(133)124-73(49-55-51-112-60-21-5-3-19-58(55)60)86(138)118-64(25-9-12-40-97)80(132)123-72(48-54-32-34-57(127)35-33-54)85(137)119-68(36-37-76(98)128)83(135)121-70(90(142)143)30-17-45-111-94(105)106/h3-6,19-22,32-35,51-53,62-75,107,112-113,127H,7-18,23-31,36-50,95-97H2,1-2H3,(H2,98,128)(H,114,130)(H,115,129)(H,116,131)(H,117,136)(H,118,138)(H,119,137)(H,120,140)(H,121,135)(H,122,139)(H,123,132)(H,124,133)(H,125,134)(H,142,143)(H4,99,100,108)(H4,101,102,109)(H4,103,104,110)(H4,105,106,111)/t62-,63-,64-,65-,66-,67-,68-,69+,70-,71-,72-,73-,74-,75-/m0/s1. The number of benzene rings is 3. The van der Waals surface area contributed by atoms with Crippen LogP contribution in [-0.4, -0.2) is 281 Å². The number of para-hydroxylation sites is 2. The first-order chi connectivity index (χ1) is 68.4. The van der Waals surface area contributed by atoms with Gasteiger partial charge < -0.3 is 161 Å². The minimum absolute atomic E-state index is 0.00371. The Morgan fingerprint density at radius 2 is 0.720 bits per heavy atom. The number of nitrogens with zero attached hydrogens (tertiary/aromatic N) is 1. The number of carboxylic acid groups (broad SMARTS) is 1. The number of unbranched alkanes of at least 4 members (excludes halogenated alkanes) is 3. The van der Waals surface area contributed by atoms with Crippen LogP contribution in [0.1, 0.15) is 185 Å². The normalized spacial score (nSPS) is 15.8. The number of guanidine groups is 4. The minimum Gasteiger partial charge on any atom is -0.508 e. The predicted octanol–water partition coefficient (Wildman–Crippen LogP) is -4.22. The number of phenolic OH excluding ortho intramolecular Hbond substituents is 1. The Balaban J connectivity index is 1.18. The number of fused-ring (bicyclic) bond motifs is 2. The lowest BCUT2D eigenvalue weighted by molar-refractivity contribution is -0.142. The van der Waals surface area contributed by atoms with E-state index in [1.807, 2.05) is 18.2 Å². The topological polar surface area (TPSA) is 839 Å². The van der Waals surface area contributed by atoms with E-state index in [-0.39, 0.29) is 191 Å². The summed E-state index contributed by atoms with van der Waals surface area (Å²) in [5.74, 6) is -15.5. The lowest BCUT2D eigenvalue weighted by atomic mass is 9.99. The largest absolute Gasteiger partial charge is 0.508 e. The first-order valence-corrected chi connectivity index (χ1v) is 48.9. The summed E-state index contributed by atoms with van der Waals surface area (Å²) in [6.07, 6.45) is 4.76. The van der Waals surface area contributed by atoms with Gasteiger partial charge >= 0.3 is 5.97 Å². The molecule has 2 aliphatic rings. The fourth-order valence-corrected chi connectivity index (χ4v) is 16.9. The van der Waals surface area contributed by atoms with Gasteiger partial charge in [0.2, 0.25) is 82.7 Å². The molecule has 2 aliphatic heterocycles. The van der Waals surface area contributed by atoms with E-state index in [4.69, 9.17) is 67.5 Å². The second-order valence-electron chi connectivity index (χ2n) is 36.3. The number of aliphatic carboxylic acids is 1. The Bertz CT molecular complexity index is 5110.